The smallest absolute Gasteiger partial charge is 0.0558 e. The number of hydrogen-bond acceptors (Lipinski definition) is 5. The molecule has 2 aliphatic rings. The number of aliphatic hydroxyl groups is 1. The molecule has 0 amide bonds. The molecule has 28 heavy (non-hydrogen) atoms. The summed E-state index contributed by atoms with van der Waals surface area (Å²) in [4.78, 5) is 9.01. The number of β-amino-alcohol motifs (C(OH)–C–C–N with tert-alkyl or cyclic N) is 1. The van der Waals surface area contributed by atoms with Crippen LogP contribution in [0.2, 0.25) is 0 Å². The van der Waals surface area contributed by atoms with E-state index < -0.39 is 0 Å². The number of nitrogens with zero attached hydrogens (tertiary/aromatic N) is 3. The van der Waals surface area contributed by atoms with E-state index in [1.807, 2.05) is 11.3 Å². The summed E-state index contributed by atoms with van der Waals surface area (Å²) < 4.78 is 0. The molecule has 0 atom stereocenters. The van der Waals surface area contributed by atoms with Gasteiger partial charge in [0.05, 0.1) is 12.3 Å². The van der Waals surface area contributed by atoms with Crippen molar-refractivity contribution in [2.75, 3.05) is 57.3 Å². The van der Waals surface area contributed by atoms with Crippen LogP contribution in [0.25, 0.3) is 0 Å². The first-order valence-corrected chi connectivity index (χ1v) is 10.7. The number of fused-ring (bicyclic) bond motifs is 2. The molecule has 4 rings (SSSR count). The Kier molecular flexibility index (Phi) is 9.54. The second-order valence-electron chi connectivity index (χ2n) is 7.27. The maximum Gasteiger partial charge on any atom is 0.0558 e. The summed E-state index contributed by atoms with van der Waals surface area (Å²) in [6.07, 6.45) is 3.49. The summed E-state index contributed by atoms with van der Waals surface area (Å²) in [5.74, 6) is 0. The van der Waals surface area contributed by atoms with E-state index >= 15 is 0 Å². The van der Waals surface area contributed by atoms with Gasteiger partial charge in [-0.25, -0.2) is 0 Å². The number of para-hydroxylation sites is 1. The molecular formula is C21H31Cl2N3OS. The topological polar surface area (TPSA) is 30.0 Å². The standard InChI is InChI=1S/C21H29N3OS.2ClH/c25-16-15-23-13-11-22(12-14-23)9-3-10-24-19-5-2-1-4-18(19)6-7-21-20(24)8-17-26-21;;/h1-2,4-5,8,17,25H,3,6-7,9-16H2;2*1H. The van der Waals surface area contributed by atoms with E-state index in [1.165, 1.54) is 28.2 Å². The number of thiophene rings is 1. The van der Waals surface area contributed by atoms with Crippen molar-refractivity contribution in [2.45, 2.75) is 19.3 Å². The van der Waals surface area contributed by atoms with Crippen molar-refractivity contribution in [1.82, 2.24) is 9.80 Å². The van der Waals surface area contributed by atoms with E-state index in [-0.39, 0.29) is 31.4 Å². The number of benzene rings is 1. The third-order valence-electron chi connectivity index (χ3n) is 5.65. The zero-order valence-corrected chi connectivity index (χ0v) is 18.7. The van der Waals surface area contributed by atoms with Gasteiger partial charge in [-0.1, -0.05) is 18.2 Å². The van der Waals surface area contributed by atoms with E-state index in [2.05, 4.69) is 50.4 Å². The molecule has 0 aliphatic carbocycles. The average molecular weight is 444 g/mol. The number of halogens is 2. The predicted molar refractivity (Wildman–Crippen MR) is 124 cm³/mol. The summed E-state index contributed by atoms with van der Waals surface area (Å²) in [5.41, 5.74) is 4.30. The quantitative estimate of drug-likeness (QED) is 0.734. The van der Waals surface area contributed by atoms with Crippen LogP contribution in [0.15, 0.2) is 35.7 Å². The molecule has 156 valence electrons. The number of hydrogen-bond donors (Lipinski definition) is 1. The van der Waals surface area contributed by atoms with Crippen molar-refractivity contribution in [3.63, 3.8) is 0 Å². The van der Waals surface area contributed by atoms with E-state index in [9.17, 15) is 0 Å². The molecule has 1 saturated heterocycles. The van der Waals surface area contributed by atoms with Gasteiger partial charge in [-0.2, -0.15) is 0 Å². The zero-order chi connectivity index (χ0) is 17.8. The van der Waals surface area contributed by atoms with Crippen molar-refractivity contribution in [3.05, 3.63) is 46.2 Å². The Morgan fingerprint density at radius 2 is 1.54 bits per heavy atom. The summed E-state index contributed by atoms with van der Waals surface area (Å²) in [6, 6.07) is 11.2. The Balaban J connectivity index is 0.00000140. The number of aliphatic hydroxyl groups excluding tert-OH is 1. The first kappa shape index (κ1) is 23.5. The van der Waals surface area contributed by atoms with E-state index in [0.29, 0.717) is 0 Å². The maximum atomic E-state index is 9.08. The number of anilines is 2. The molecule has 1 aromatic carbocycles. The lowest BCUT2D eigenvalue weighted by molar-refractivity contribution is 0.112. The number of piperazine rings is 1. The molecule has 2 aliphatic heterocycles. The minimum atomic E-state index is 0. The van der Waals surface area contributed by atoms with Gasteiger partial charge in [-0.05, 0) is 48.9 Å². The minimum Gasteiger partial charge on any atom is -0.395 e. The van der Waals surface area contributed by atoms with Crippen LogP contribution in [0.1, 0.15) is 16.9 Å². The van der Waals surface area contributed by atoms with Gasteiger partial charge in [0.1, 0.15) is 0 Å². The van der Waals surface area contributed by atoms with Gasteiger partial charge in [-0.3, -0.25) is 4.90 Å². The monoisotopic (exact) mass is 443 g/mol. The van der Waals surface area contributed by atoms with Crippen LogP contribution in [-0.4, -0.2) is 67.3 Å². The van der Waals surface area contributed by atoms with Crippen LogP contribution in [0, 0.1) is 0 Å². The first-order valence-electron chi connectivity index (χ1n) is 9.82. The fourth-order valence-electron chi connectivity index (χ4n) is 4.20. The molecule has 0 bridgehead atoms. The van der Waals surface area contributed by atoms with Gasteiger partial charge in [0.2, 0.25) is 0 Å². The highest BCUT2D eigenvalue weighted by Crippen LogP contribution is 2.38. The Labute approximate surface area is 185 Å². The molecular weight excluding hydrogens is 413 g/mol. The summed E-state index contributed by atoms with van der Waals surface area (Å²) in [7, 11) is 0. The summed E-state index contributed by atoms with van der Waals surface area (Å²) in [5, 5.41) is 11.3. The van der Waals surface area contributed by atoms with Crippen molar-refractivity contribution in [3.8, 4) is 0 Å². The molecule has 1 aromatic heterocycles. The molecule has 4 nitrogen and oxygen atoms in total. The molecule has 3 heterocycles. The van der Waals surface area contributed by atoms with Crippen LogP contribution < -0.4 is 4.90 Å². The Bertz CT molecular complexity index is 719. The normalized spacial score (nSPS) is 17.1. The van der Waals surface area contributed by atoms with Crippen molar-refractivity contribution in [1.29, 1.82) is 0 Å². The van der Waals surface area contributed by atoms with Gasteiger partial charge in [0.15, 0.2) is 0 Å². The van der Waals surface area contributed by atoms with E-state index in [4.69, 9.17) is 5.11 Å². The second kappa shape index (κ2) is 11.4. The Morgan fingerprint density at radius 3 is 2.29 bits per heavy atom. The fourth-order valence-corrected chi connectivity index (χ4v) is 5.08. The minimum absolute atomic E-state index is 0. The van der Waals surface area contributed by atoms with Gasteiger partial charge < -0.3 is 14.9 Å². The third kappa shape index (κ3) is 5.41. The van der Waals surface area contributed by atoms with Crippen LogP contribution in [0.4, 0.5) is 11.4 Å². The average Bonchev–Trinajstić information content (AvgIpc) is 3.08. The van der Waals surface area contributed by atoms with E-state index in [1.54, 1.807) is 0 Å². The van der Waals surface area contributed by atoms with Crippen LogP contribution in [-0.2, 0) is 12.8 Å². The highest BCUT2D eigenvalue weighted by atomic mass is 35.5. The largest absolute Gasteiger partial charge is 0.395 e. The molecule has 7 heteroatoms. The lowest BCUT2D eigenvalue weighted by Gasteiger charge is -2.35. The van der Waals surface area contributed by atoms with Gasteiger partial charge >= 0.3 is 0 Å². The van der Waals surface area contributed by atoms with E-state index in [0.717, 1.165) is 58.7 Å². The fraction of sp³-hybridized carbons (Fsp3) is 0.524. The Hall–Kier alpha value is -0.820. The third-order valence-corrected chi connectivity index (χ3v) is 6.62. The lowest BCUT2D eigenvalue weighted by atomic mass is 10.1. The first-order chi connectivity index (χ1) is 12.8. The highest BCUT2D eigenvalue weighted by molar-refractivity contribution is 7.10. The molecule has 0 unspecified atom stereocenters. The van der Waals surface area contributed by atoms with Crippen LogP contribution in [0.5, 0.6) is 0 Å². The van der Waals surface area contributed by atoms with Crippen molar-refractivity contribution in [2.24, 2.45) is 0 Å². The zero-order valence-electron chi connectivity index (χ0n) is 16.3. The molecule has 1 fully saturated rings. The molecule has 1 N–H and O–H groups in total. The highest BCUT2D eigenvalue weighted by Gasteiger charge is 2.22. The number of aryl methyl sites for hydroxylation is 2. The van der Waals surface area contributed by atoms with Crippen LogP contribution in [0.3, 0.4) is 0 Å². The summed E-state index contributed by atoms with van der Waals surface area (Å²) >= 11 is 1.90. The number of rotatable bonds is 6. The van der Waals surface area contributed by atoms with Crippen molar-refractivity contribution < 1.29 is 5.11 Å². The maximum absolute atomic E-state index is 9.08. The Morgan fingerprint density at radius 1 is 0.821 bits per heavy atom. The predicted octanol–water partition coefficient (Wildman–Crippen LogP) is 3.83. The molecule has 0 radical (unpaired) electrons. The van der Waals surface area contributed by atoms with Gasteiger partial charge in [0, 0.05) is 49.8 Å². The summed E-state index contributed by atoms with van der Waals surface area (Å²) in [6.45, 7) is 7.75. The molecule has 2 aromatic rings. The molecule has 0 saturated carbocycles. The van der Waals surface area contributed by atoms with Crippen LogP contribution >= 0.6 is 36.2 Å². The van der Waals surface area contributed by atoms with Gasteiger partial charge in [-0.15, -0.1) is 36.2 Å². The SMILES string of the molecule is Cl.Cl.OCCN1CCN(CCCN2c3ccccc3CCc3sccc32)CC1. The molecule has 0 spiro atoms. The van der Waals surface area contributed by atoms with Gasteiger partial charge in [0.25, 0.3) is 0 Å². The second-order valence-corrected chi connectivity index (χ2v) is 8.27. The lowest BCUT2D eigenvalue weighted by Crippen LogP contribution is -2.47. The van der Waals surface area contributed by atoms with Crippen molar-refractivity contribution >= 4 is 47.5 Å².